The lowest BCUT2D eigenvalue weighted by molar-refractivity contribution is -0.0239. The zero-order chi connectivity index (χ0) is 45.0. The lowest BCUT2D eigenvalue weighted by atomic mass is 9.45. The Morgan fingerprint density at radius 2 is 0.656 bits per heavy atom. The van der Waals surface area contributed by atoms with Crippen molar-refractivity contribution in [2.24, 2.45) is 21.7 Å². The first kappa shape index (κ1) is 41.4. The number of anilines is 4. The second-order valence-corrected chi connectivity index (χ2v) is 24.2. The van der Waals surface area contributed by atoms with Gasteiger partial charge >= 0.3 is 0 Å². The second kappa shape index (κ2) is 13.1. The molecule has 2 nitrogen and oxygen atoms in total. The maximum Gasteiger partial charge on any atom is 0.0528 e. The van der Waals surface area contributed by atoms with Crippen molar-refractivity contribution < 1.29 is 0 Å². The van der Waals surface area contributed by atoms with Crippen LogP contribution in [0.15, 0.2) is 146 Å². The largest absolute Gasteiger partial charge is 0.334 e. The van der Waals surface area contributed by atoms with Crippen molar-refractivity contribution in [2.75, 3.05) is 9.80 Å². The zero-order valence-electron chi connectivity index (χ0n) is 40.6. The fourth-order valence-electron chi connectivity index (χ4n) is 16.3. The van der Waals surface area contributed by atoms with Gasteiger partial charge in [0.05, 0.1) is 11.1 Å². The summed E-state index contributed by atoms with van der Waals surface area (Å²) in [5.41, 5.74) is 13.6. The van der Waals surface area contributed by atoms with E-state index in [4.69, 9.17) is 0 Å². The van der Waals surface area contributed by atoms with Crippen molar-refractivity contribution in [3.05, 3.63) is 157 Å². The number of hydrogen-bond donors (Lipinski definition) is 0. The molecule has 0 amide bonds. The minimum Gasteiger partial charge on any atom is -0.334 e. The van der Waals surface area contributed by atoms with Gasteiger partial charge in [-0.3, -0.25) is 0 Å². The van der Waals surface area contributed by atoms with Crippen LogP contribution in [-0.4, -0.2) is 11.1 Å². The fourth-order valence-corrected chi connectivity index (χ4v) is 16.3. The van der Waals surface area contributed by atoms with Gasteiger partial charge in [0.15, 0.2) is 0 Å². The Bertz CT molecular complexity index is 2760. The van der Waals surface area contributed by atoms with Crippen molar-refractivity contribution in [3.8, 4) is 22.3 Å². The van der Waals surface area contributed by atoms with Crippen LogP contribution in [0.2, 0.25) is 0 Å². The highest BCUT2D eigenvalue weighted by atomic mass is 15.3. The summed E-state index contributed by atoms with van der Waals surface area (Å²) in [5.74, 6) is 0. The van der Waals surface area contributed by atoms with Crippen LogP contribution in [0.1, 0.15) is 120 Å². The molecule has 7 aromatic carbocycles. The average molecular weight is 841 g/mol. The van der Waals surface area contributed by atoms with Crippen LogP contribution in [0.25, 0.3) is 43.8 Å². The third-order valence-electron chi connectivity index (χ3n) is 18.4. The molecule has 2 aliphatic heterocycles. The second-order valence-electron chi connectivity index (χ2n) is 24.2. The van der Waals surface area contributed by atoms with Gasteiger partial charge in [-0.15, -0.1) is 0 Å². The predicted molar refractivity (Wildman–Crippen MR) is 275 cm³/mol. The molecular formula is C62H68N2. The van der Waals surface area contributed by atoms with Gasteiger partial charge in [0.2, 0.25) is 0 Å². The van der Waals surface area contributed by atoms with Gasteiger partial charge in [-0.25, -0.2) is 0 Å². The number of nitrogens with zero attached hydrogens (tertiary/aromatic N) is 2. The molecule has 64 heavy (non-hydrogen) atoms. The molecule has 4 aliphatic rings. The number of rotatable bonds is 4. The van der Waals surface area contributed by atoms with Gasteiger partial charge in [-0.1, -0.05) is 166 Å². The van der Waals surface area contributed by atoms with Gasteiger partial charge in [-0.05, 0) is 165 Å². The molecule has 11 rings (SSSR count). The maximum atomic E-state index is 2.72. The Morgan fingerprint density at radius 1 is 0.344 bits per heavy atom. The predicted octanol–water partition coefficient (Wildman–Crippen LogP) is 17.4. The monoisotopic (exact) mass is 841 g/mol. The summed E-state index contributed by atoms with van der Waals surface area (Å²) in [6.45, 7) is 30.5. The third-order valence-corrected chi connectivity index (χ3v) is 18.4. The van der Waals surface area contributed by atoms with Crippen molar-refractivity contribution in [2.45, 2.75) is 131 Å². The van der Waals surface area contributed by atoms with E-state index in [0.717, 1.165) is 12.8 Å². The lowest BCUT2D eigenvalue weighted by Gasteiger charge is -2.62. The fraction of sp³-hybridized carbons (Fsp3) is 0.387. The molecule has 2 fully saturated rings. The van der Waals surface area contributed by atoms with Crippen LogP contribution in [0.5, 0.6) is 0 Å². The van der Waals surface area contributed by atoms with Crippen molar-refractivity contribution in [1.82, 2.24) is 0 Å². The summed E-state index contributed by atoms with van der Waals surface area (Å²) in [7, 11) is 0. The summed E-state index contributed by atoms with van der Waals surface area (Å²) < 4.78 is 0. The summed E-state index contributed by atoms with van der Waals surface area (Å²) in [4.78, 5) is 5.45. The van der Waals surface area contributed by atoms with E-state index >= 15 is 0 Å². The first-order valence-electron chi connectivity index (χ1n) is 24.1. The molecule has 0 bridgehead atoms. The molecule has 2 aliphatic carbocycles. The number of hydrogen-bond acceptors (Lipinski definition) is 2. The minimum absolute atomic E-state index is 0.0490. The van der Waals surface area contributed by atoms with Gasteiger partial charge in [0.25, 0.3) is 0 Å². The normalized spacial score (nSPS) is 28.1. The molecule has 2 heterocycles. The Labute approximate surface area is 383 Å². The Hall–Kier alpha value is -5.34. The Morgan fingerprint density at radius 3 is 0.984 bits per heavy atom. The summed E-state index contributed by atoms with van der Waals surface area (Å²) in [5, 5.41) is 5.25. The third kappa shape index (κ3) is 5.26. The van der Waals surface area contributed by atoms with Gasteiger partial charge in [0, 0.05) is 33.6 Å². The lowest BCUT2D eigenvalue weighted by Crippen LogP contribution is -2.65. The van der Waals surface area contributed by atoms with E-state index in [1.54, 1.807) is 0 Å². The van der Waals surface area contributed by atoms with Crippen LogP contribution in [-0.2, 0) is 10.8 Å². The quantitative estimate of drug-likeness (QED) is 0.163. The van der Waals surface area contributed by atoms with E-state index in [1.165, 1.54) is 90.5 Å². The molecular weight excluding hydrogens is 773 g/mol. The SMILES string of the molecule is CC1(C)CC(C)(C)C2(C)c3cc(-c4c5ccccc5c(-c5ccc6c(c5)C5(C)C(C)(C)CC(C)(C)CC5(C)N6c5ccccc5)c5ccccc45)ccc3N(c3ccccc3)C2(C)C1. The van der Waals surface area contributed by atoms with Crippen molar-refractivity contribution in [1.29, 1.82) is 0 Å². The summed E-state index contributed by atoms with van der Waals surface area (Å²) >= 11 is 0. The Balaban J connectivity index is 1.15. The molecule has 4 atom stereocenters. The highest BCUT2D eigenvalue weighted by Crippen LogP contribution is 2.72. The van der Waals surface area contributed by atoms with Crippen LogP contribution < -0.4 is 9.80 Å². The summed E-state index contributed by atoms with van der Waals surface area (Å²) in [6.07, 6.45) is 4.60. The molecule has 0 radical (unpaired) electrons. The molecule has 4 unspecified atom stereocenters. The smallest absolute Gasteiger partial charge is 0.0528 e. The molecule has 0 saturated heterocycles. The minimum atomic E-state index is -0.117. The van der Waals surface area contributed by atoms with Crippen molar-refractivity contribution in [3.63, 3.8) is 0 Å². The number of para-hydroxylation sites is 2. The molecule has 2 saturated carbocycles. The van der Waals surface area contributed by atoms with Crippen LogP contribution in [0.3, 0.4) is 0 Å². The molecule has 2 heteroatoms. The molecule has 7 aromatic rings. The standard InChI is InChI=1S/C62H68N2/c1-55(2)37-57(5,6)61(11)49-35-41(31-33-51(49)63(59(61,9)39-55)43-23-15-13-16-24-43)53-45-27-19-21-29-47(45)54(48-30-22-20-28-46(48)53)42-32-34-52-50(36-42)62(12)58(7,8)38-56(3,4)40-60(62,10)64(52)44-25-17-14-18-26-44/h13-36H,37-40H2,1-12H3. The topological polar surface area (TPSA) is 6.48 Å². The molecule has 0 spiro atoms. The van der Waals surface area contributed by atoms with E-state index in [9.17, 15) is 0 Å². The molecule has 326 valence electrons. The van der Waals surface area contributed by atoms with Gasteiger partial charge in [-0.2, -0.15) is 0 Å². The first-order valence-corrected chi connectivity index (χ1v) is 24.1. The van der Waals surface area contributed by atoms with E-state index in [2.05, 4.69) is 238 Å². The van der Waals surface area contributed by atoms with Gasteiger partial charge in [0.1, 0.15) is 0 Å². The first-order chi connectivity index (χ1) is 30.2. The maximum absolute atomic E-state index is 2.72. The zero-order valence-corrected chi connectivity index (χ0v) is 40.6. The van der Waals surface area contributed by atoms with Crippen LogP contribution in [0, 0.1) is 21.7 Å². The van der Waals surface area contributed by atoms with E-state index in [-0.39, 0.29) is 43.6 Å². The van der Waals surface area contributed by atoms with E-state index in [0.29, 0.717) is 0 Å². The van der Waals surface area contributed by atoms with E-state index < -0.39 is 0 Å². The summed E-state index contributed by atoms with van der Waals surface area (Å²) in [6, 6.07) is 56.0. The van der Waals surface area contributed by atoms with Crippen molar-refractivity contribution >= 4 is 44.3 Å². The highest BCUT2D eigenvalue weighted by molar-refractivity contribution is 6.21. The number of fused-ring (bicyclic) bond motifs is 8. The highest BCUT2D eigenvalue weighted by Gasteiger charge is 2.69. The Kier molecular flexibility index (Phi) is 8.50. The molecule has 0 N–H and O–H groups in total. The average Bonchev–Trinajstić information content (AvgIpc) is 3.56. The number of benzene rings is 7. The van der Waals surface area contributed by atoms with E-state index in [1.807, 2.05) is 0 Å². The van der Waals surface area contributed by atoms with Crippen LogP contribution in [0.4, 0.5) is 22.7 Å². The van der Waals surface area contributed by atoms with Crippen LogP contribution >= 0.6 is 0 Å². The van der Waals surface area contributed by atoms with Gasteiger partial charge < -0.3 is 9.80 Å². The molecule has 0 aromatic heterocycles.